The smallest absolute Gasteiger partial charge is 0.122 e. The van der Waals surface area contributed by atoms with Crippen LogP contribution in [0, 0.1) is 6.92 Å². The van der Waals surface area contributed by atoms with Crippen molar-refractivity contribution in [3.8, 4) is 16.9 Å². The van der Waals surface area contributed by atoms with E-state index in [4.69, 9.17) is 4.74 Å². The van der Waals surface area contributed by atoms with E-state index in [-0.39, 0.29) is 0 Å². The highest BCUT2D eigenvalue weighted by molar-refractivity contribution is 5.62. The summed E-state index contributed by atoms with van der Waals surface area (Å²) in [5.74, 6) is 0.951. The molecule has 0 saturated carbocycles. The minimum Gasteiger partial charge on any atom is -0.492 e. The zero-order chi connectivity index (χ0) is 16.6. The second-order valence-corrected chi connectivity index (χ2v) is 5.74. The summed E-state index contributed by atoms with van der Waals surface area (Å²) in [5.41, 5.74) is 4.67. The average Bonchev–Trinajstić information content (AvgIpc) is 2.64. The molecule has 3 aromatic rings. The van der Waals surface area contributed by atoms with Crippen molar-refractivity contribution in [2.45, 2.75) is 13.5 Å². The maximum Gasteiger partial charge on any atom is 0.122 e. The molecule has 0 atom stereocenters. The van der Waals surface area contributed by atoms with Crippen LogP contribution in [-0.2, 0) is 6.54 Å². The van der Waals surface area contributed by atoms with E-state index in [0.717, 1.165) is 30.0 Å². The Morgan fingerprint density at radius 1 is 0.917 bits per heavy atom. The molecule has 3 rings (SSSR count). The second kappa shape index (κ2) is 8.27. The number of hydrogen-bond acceptors (Lipinski definition) is 3. The van der Waals surface area contributed by atoms with Crippen LogP contribution in [0.1, 0.15) is 11.1 Å². The van der Waals surface area contributed by atoms with Crippen LogP contribution in [0.25, 0.3) is 11.1 Å². The lowest BCUT2D eigenvalue weighted by Crippen LogP contribution is -2.20. The van der Waals surface area contributed by atoms with Crippen LogP contribution in [0.15, 0.2) is 73.1 Å². The molecular formula is C21H22N2O. The molecule has 3 heteroatoms. The normalized spacial score (nSPS) is 10.5. The van der Waals surface area contributed by atoms with E-state index in [9.17, 15) is 0 Å². The van der Waals surface area contributed by atoms with Gasteiger partial charge in [-0.15, -0.1) is 0 Å². The number of aromatic nitrogens is 1. The maximum atomic E-state index is 5.79. The summed E-state index contributed by atoms with van der Waals surface area (Å²) < 4.78 is 5.79. The van der Waals surface area contributed by atoms with Gasteiger partial charge < -0.3 is 10.1 Å². The van der Waals surface area contributed by atoms with Crippen molar-refractivity contribution < 1.29 is 4.74 Å². The molecule has 1 aromatic heterocycles. The molecule has 0 aliphatic heterocycles. The molecule has 0 amide bonds. The molecule has 0 bridgehead atoms. The van der Waals surface area contributed by atoms with Gasteiger partial charge in [-0.1, -0.05) is 48.5 Å². The van der Waals surface area contributed by atoms with Gasteiger partial charge in [0.15, 0.2) is 0 Å². The molecule has 1 heterocycles. The first kappa shape index (κ1) is 16.2. The molecule has 0 aliphatic carbocycles. The van der Waals surface area contributed by atoms with E-state index >= 15 is 0 Å². The van der Waals surface area contributed by atoms with Gasteiger partial charge in [-0.05, 0) is 35.7 Å². The standard InChI is InChI=1S/C21H22N2O/c1-17-7-5-6-10-21(17)24-12-11-22-14-18-13-20(16-23-15-18)19-8-3-2-4-9-19/h2-10,13,15-16,22H,11-12,14H2,1H3. The number of rotatable bonds is 7. The lowest BCUT2D eigenvalue weighted by atomic mass is 10.1. The van der Waals surface area contributed by atoms with Crippen LogP contribution in [0.4, 0.5) is 0 Å². The third kappa shape index (κ3) is 4.43. The first-order valence-corrected chi connectivity index (χ1v) is 8.21. The van der Waals surface area contributed by atoms with Gasteiger partial charge in [0.05, 0.1) is 0 Å². The Kier molecular flexibility index (Phi) is 5.59. The number of ether oxygens (including phenoxy) is 1. The van der Waals surface area contributed by atoms with Crippen molar-refractivity contribution >= 4 is 0 Å². The molecule has 24 heavy (non-hydrogen) atoms. The van der Waals surface area contributed by atoms with Crippen LogP contribution in [0.2, 0.25) is 0 Å². The van der Waals surface area contributed by atoms with E-state index in [1.54, 1.807) is 0 Å². The van der Waals surface area contributed by atoms with E-state index < -0.39 is 0 Å². The lowest BCUT2D eigenvalue weighted by Gasteiger charge is -2.10. The monoisotopic (exact) mass is 318 g/mol. The zero-order valence-electron chi connectivity index (χ0n) is 13.9. The summed E-state index contributed by atoms with van der Waals surface area (Å²) >= 11 is 0. The maximum absolute atomic E-state index is 5.79. The van der Waals surface area contributed by atoms with Crippen molar-refractivity contribution in [2.24, 2.45) is 0 Å². The van der Waals surface area contributed by atoms with Crippen LogP contribution < -0.4 is 10.1 Å². The summed E-state index contributed by atoms with van der Waals surface area (Å²) in [6.45, 7) is 4.29. The summed E-state index contributed by atoms with van der Waals surface area (Å²) in [5, 5.41) is 3.41. The third-order valence-electron chi connectivity index (χ3n) is 3.86. The highest BCUT2D eigenvalue weighted by atomic mass is 16.5. The Morgan fingerprint density at radius 2 is 1.71 bits per heavy atom. The summed E-state index contributed by atoms with van der Waals surface area (Å²) in [6, 6.07) is 20.6. The first-order chi connectivity index (χ1) is 11.8. The zero-order valence-corrected chi connectivity index (χ0v) is 13.9. The van der Waals surface area contributed by atoms with Crippen LogP contribution >= 0.6 is 0 Å². The highest BCUT2D eigenvalue weighted by Crippen LogP contribution is 2.18. The number of hydrogen-bond donors (Lipinski definition) is 1. The van der Waals surface area contributed by atoms with Crippen molar-refractivity contribution in [2.75, 3.05) is 13.2 Å². The van der Waals surface area contributed by atoms with E-state index in [0.29, 0.717) is 6.61 Å². The van der Waals surface area contributed by atoms with Crippen molar-refractivity contribution in [3.63, 3.8) is 0 Å². The molecule has 1 N–H and O–H groups in total. The van der Waals surface area contributed by atoms with Crippen LogP contribution in [0.3, 0.4) is 0 Å². The van der Waals surface area contributed by atoms with Gasteiger partial charge in [0.25, 0.3) is 0 Å². The van der Waals surface area contributed by atoms with Crippen LogP contribution in [0.5, 0.6) is 5.75 Å². The van der Waals surface area contributed by atoms with E-state index in [2.05, 4.69) is 41.5 Å². The fourth-order valence-corrected chi connectivity index (χ4v) is 2.56. The minimum absolute atomic E-state index is 0.649. The quantitative estimate of drug-likeness (QED) is 0.662. The molecule has 3 nitrogen and oxygen atoms in total. The molecule has 2 aromatic carbocycles. The van der Waals surface area contributed by atoms with Gasteiger partial charge in [0.1, 0.15) is 12.4 Å². The number of pyridine rings is 1. The summed E-state index contributed by atoms with van der Waals surface area (Å²) in [7, 11) is 0. The Morgan fingerprint density at radius 3 is 2.54 bits per heavy atom. The SMILES string of the molecule is Cc1ccccc1OCCNCc1cncc(-c2ccccc2)c1. The van der Waals surface area contributed by atoms with Crippen molar-refractivity contribution in [3.05, 3.63) is 84.2 Å². The topological polar surface area (TPSA) is 34.1 Å². The van der Waals surface area contributed by atoms with Crippen molar-refractivity contribution in [1.29, 1.82) is 0 Å². The first-order valence-electron chi connectivity index (χ1n) is 8.21. The molecule has 0 saturated heterocycles. The predicted molar refractivity (Wildman–Crippen MR) is 98.1 cm³/mol. The predicted octanol–water partition coefficient (Wildman–Crippen LogP) is 4.23. The van der Waals surface area contributed by atoms with Gasteiger partial charge >= 0.3 is 0 Å². The fraction of sp³-hybridized carbons (Fsp3) is 0.190. The number of nitrogens with zero attached hydrogens (tertiary/aromatic N) is 1. The molecule has 0 spiro atoms. The highest BCUT2D eigenvalue weighted by Gasteiger charge is 2.00. The number of para-hydroxylation sites is 1. The van der Waals surface area contributed by atoms with Crippen LogP contribution in [-0.4, -0.2) is 18.1 Å². The van der Waals surface area contributed by atoms with Gasteiger partial charge in [0.2, 0.25) is 0 Å². The van der Waals surface area contributed by atoms with Gasteiger partial charge in [-0.25, -0.2) is 0 Å². The Labute approximate surface area is 143 Å². The molecule has 0 aliphatic rings. The molecule has 0 fully saturated rings. The van der Waals surface area contributed by atoms with E-state index in [1.807, 2.05) is 48.8 Å². The minimum atomic E-state index is 0.649. The third-order valence-corrected chi connectivity index (χ3v) is 3.86. The fourth-order valence-electron chi connectivity index (χ4n) is 2.56. The van der Waals surface area contributed by atoms with Gasteiger partial charge in [0, 0.05) is 31.0 Å². The Balaban J connectivity index is 1.48. The average molecular weight is 318 g/mol. The van der Waals surface area contributed by atoms with E-state index in [1.165, 1.54) is 11.1 Å². The number of aryl methyl sites for hydroxylation is 1. The lowest BCUT2D eigenvalue weighted by molar-refractivity contribution is 0.311. The largest absolute Gasteiger partial charge is 0.492 e. The molecule has 0 unspecified atom stereocenters. The molecular weight excluding hydrogens is 296 g/mol. The Hall–Kier alpha value is -2.65. The number of benzene rings is 2. The molecule has 122 valence electrons. The van der Waals surface area contributed by atoms with Gasteiger partial charge in [-0.2, -0.15) is 0 Å². The van der Waals surface area contributed by atoms with Crippen molar-refractivity contribution in [1.82, 2.24) is 10.3 Å². The summed E-state index contributed by atoms with van der Waals surface area (Å²) in [4.78, 5) is 4.35. The Bertz CT molecular complexity index is 772. The summed E-state index contributed by atoms with van der Waals surface area (Å²) in [6.07, 6.45) is 3.81. The molecule has 0 radical (unpaired) electrons. The number of nitrogens with one attached hydrogen (secondary N) is 1. The second-order valence-electron chi connectivity index (χ2n) is 5.74. The van der Waals surface area contributed by atoms with Gasteiger partial charge in [-0.3, -0.25) is 4.98 Å².